The average Bonchev–Trinajstić information content (AvgIpc) is 2.61. The molecule has 4 nitrogen and oxygen atoms in total. The van der Waals surface area contributed by atoms with Crippen LogP contribution in [0.3, 0.4) is 0 Å². The number of hydrogen-bond acceptors (Lipinski definition) is 3. The van der Waals surface area contributed by atoms with Crippen LogP contribution in [0.4, 0.5) is 0 Å². The molecular formula is C20H17NO3. The fourth-order valence-electron chi connectivity index (χ4n) is 3.21. The Bertz CT molecular complexity index is 948. The Labute approximate surface area is 139 Å². The molecule has 1 atom stereocenters. The molecule has 1 amide bonds. The van der Waals surface area contributed by atoms with Crippen LogP contribution in [0.1, 0.15) is 23.2 Å². The first-order valence-corrected chi connectivity index (χ1v) is 8.11. The van der Waals surface area contributed by atoms with Gasteiger partial charge in [-0.25, -0.2) is 4.79 Å². The average molecular weight is 319 g/mol. The highest BCUT2D eigenvalue weighted by atomic mass is 16.5. The first kappa shape index (κ1) is 14.7. The topological polar surface area (TPSA) is 55.4 Å². The third-order valence-electron chi connectivity index (χ3n) is 4.46. The fourth-order valence-corrected chi connectivity index (χ4v) is 3.21. The minimum Gasteiger partial charge on any atom is -0.464 e. The number of amides is 1. The number of rotatable bonds is 2. The summed E-state index contributed by atoms with van der Waals surface area (Å²) in [5.74, 6) is -0.583. The Morgan fingerprint density at radius 1 is 1.00 bits per heavy atom. The van der Waals surface area contributed by atoms with Crippen molar-refractivity contribution in [2.75, 3.05) is 6.61 Å². The Balaban J connectivity index is 1.74. The van der Waals surface area contributed by atoms with Gasteiger partial charge < -0.3 is 10.1 Å². The second kappa shape index (κ2) is 5.96. The summed E-state index contributed by atoms with van der Waals surface area (Å²) in [6, 6.07) is 17.3. The number of cyclic esters (lactones) is 1. The number of esters is 1. The molecule has 3 aromatic rings. The molecule has 0 saturated carbocycles. The number of benzene rings is 3. The van der Waals surface area contributed by atoms with E-state index >= 15 is 0 Å². The maximum absolute atomic E-state index is 12.7. The molecule has 3 aromatic carbocycles. The van der Waals surface area contributed by atoms with E-state index < -0.39 is 6.04 Å². The molecule has 0 bridgehead atoms. The van der Waals surface area contributed by atoms with E-state index in [0.717, 1.165) is 28.0 Å². The van der Waals surface area contributed by atoms with Crippen molar-refractivity contribution >= 4 is 33.4 Å². The van der Waals surface area contributed by atoms with Crippen LogP contribution < -0.4 is 5.32 Å². The van der Waals surface area contributed by atoms with Crippen molar-refractivity contribution in [3.8, 4) is 0 Å². The van der Waals surface area contributed by atoms with Gasteiger partial charge in [0.15, 0.2) is 0 Å². The van der Waals surface area contributed by atoms with E-state index in [0.29, 0.717) is 18.6 Å². The molecule has 1 aliphatic heterocycles. The van der Waals surface area contributed by atoms with E-state index in [1.165, 1.54) is 0 Å². The maximum Gasteiger partial charge on any atom is 0.328 e. The molecule has 0 aromatic heterocycles. The molecule has 1 N–H and O–H groups in total. The number of nitrogens with one attached hydrogen (secondary N) is 1. The predicted molar refractivity (Wildman–Crippen MR) is 92.9 cm³/mol. The van der Waals surface area contributed by atoms with Crippen molar-refractivity contribution < 1.29 is 14.3 Å². The summed E-state index contributed by atoms with van der Waals surface area (Å²) < 4.78 is 5.02. The first-order valence-electron chi connectivity index (χ1n) is 8.11. The Kier molecular flexibility index (Phi) is 3.65. The molecule has 1 unspecified atom stereocenters. The zero-order valence-electron chi connectivity index (χ0n) is 13.1. The first-order chi connectivity index (χ1) is 11.7. The van der Waals surface area contributed by atoms with Gasteiger partial charge in [-0.05, 0) is 52.6 Å². The lowest BCUT2D eigenvalue weighted by Gasteiger charge is -2.22. The van der Waals surface area contributed by atoms with Gasteiger partial charge >= 0.3 is 5.97 Å². The summed E-state index contributed by atoms with van der Waals surface area (Å²) in [6.45, 7) is 0.436. The van der Waals surface area contributed by atoms with Gasteiger partial charge in [-0.3, -0.25) is 4.79 Å². The quantitative estimate of drug-likeness (QED) is 0.581. The number of fused-ring (bicyclic) bond motifs is 2. The second-order valence-corrected chi connectivity index (χ2v) is 6.06. The van der Waals surface area contributed by atoms with E-state index in [4.69, 9.17) is 4.74 Å². The third-order valence-corrected chi connectivity index (χ3v) is 4.46. The van der Waals surface area contributed by atoms with Crippen LogP contribution in [0.2, 0.25) is 0 Å². The van der Waals surface area contributed by atoms with Crippen molar-refractivity contribution in [3.05, 3.63) is 60.2 Å². The lowest BCUT2D eigenvalue weighted by molar-refractivity contribution is -0.149. The number of hydrogen-bond donors (Lipinski definition) is 1. The summed E-state index contributed by atoms with van der Waals surface area (Å²) in [4.78, 5) is 24.5. The summed E-state index contributed by atoms with van der Waals surface area (Å²) >= 11 is 0. The summed E-state index contributed by atoms with van der Waals surface area (Å²) in [5.41, 5.74) is 0.580. The number of ether oxygens (including phenoxy) is 1. The zero-order valence-corrected chi connectivity index (χ0v) is 13.1. The molecule has 120 valence electrons. The standard InChI is InChI=1S/C20H17NO3/c22-19(21-18-9-4-10-24-20(18)23)16-8-3-7-15-11-13-5-1-2-6-14(13)12-17(15)16/h1-3,5-8,11-12,18H,4,9-10H2,(H,21,22). The molecular weight excluding hydrogens is 302 g/mol. The van der Waals surface area contributed by atoms with Gasteiger partial charge in [0.05, 0.1) is 6.61 Å². The largest absolute Gasteiger partial charge is 0.464 e. The van der Waals surface area contributed by atoms with Gasteiger partial charge in [-0.15, -0.1) is 0 Å². The Morgan fingerprint density at radius 3 is 2.54 bits per heavy atom. The molecule has 1 aliphatic rings. The van der Waals surface area contributed by atoms with Crippen LogP contribution in [-0.2, 0) is 9.53 Å². The number of carbonyl (C=O) groups excluding carboxylic acids is 2. The third kappa shape index (κ3) is 2.60. The Morgan fingerprint density at radius 2 is 1.75 bits per heavy atom. The predicted octanol–water partition coefficient (Wildman–Crippen LogP) is 3.43. The molecule has 0 aliphatic carbocycles. The van der Waals surface area contributed by atoms with Crippen LogP contribution >= 0.6 is 0 Å². The smallest absolute Gasteiger partial charge is 0.328 e. The fraction of sp³-hybridized carbons (Fsp3) is 0.200. The molecule has 24 heavy (non-hydrogen) atoms. The normalized spacial score (nSPS) is 17.7. The maximum atomic E-state index is 12.7. The molecule has 0 radical (unpaired) electrons. The van der Waals surface area contributed by atoms with Crippen LogP contribution in [0.15, 0.2) is 54.6 Å². The van der Waals surface area contributed by atoms with E-state index in [2.05, 4.69) is 17.4 Å². The van der Waals surface area contributed by atoms with Gasteiger partial charge in [0.1, 0.15) is 6.04 Å². The highest BCUT2D eigenvalue weighted by molar-refractivity contribution is 6.11. The summed E-state index contributed by atoms with van der Waals surface area (Å²) in [5, 5.41) is 6.93. The van der Waals surface area contributed by atoms with E-state index in [1.807, 2.05) is 36.4 Å². The van der Waals surface area contributed by atoms with Gasteiger partial charge in [0, 0.05) is 5.56 Å². The van der Waals surface area contributed by atoms with Crippen LogP contribution in [-0.4, -0.2) is 24.5 Å². The van der Waals surface area contributed by atoms with Gasteiger partial charge in [0.2, 0.25) is 0 Å². The summed E-state index contributed by atoms with van der Waals surface area (Å²) in [6.07, 6.45) is 1.40. The molecule has 4 heteroatoms. The van der Waals surface area contributed by atoms with Gasteiger partial charge in [-0.2, -0.15) is 0 Å². The van der Waals surface area contributed by atoms with Crippen molar-refractivity contribution in [1.29, 1.82) is 0 Å². The van der Waals surface area contributed by atoms with Crippen molar-refractivity contribution in [1.82, 2.24) is 5.32 Å². The lowest BCUT2D eigenvalue weighted by atomic mass is 9.99. The summed E-state index contributed by atoms with van der Waals surface area (Å²) in [7, 11) is 0. The van der Waals surface area contributed by atoms with Crippen LogP contribution in [0.25, 0.3) is 21.5 Å². The minimum absolute atomic E-state index is 0.236. The molecule has 0 spiro atoms. The van der Waals surface area contributed by atoms with Gasteiger partial charge in [0.25, 0.3) is 5.91 Å². The lowest BCUT2D eigenvalue weighted by Crippen LogP contribution is -2.44. The van der Waals surface area contributed by atoms with Crippen LogP contribution in [0.5, 0.6) is 0 Å². The highest BCUT2D eigenvalue weighted by Gasteiger charge is 2.26. The SMILES string of the molecule is O=C(NC1CCCOC1=O)c1cccc2cc3ccccc3cc12. The molecule has 4 rings (SSSR count). The minimum atomic E-state index is -0.554. The highest BCUT2D eigenvalue weighted by Crippen LogP contribution is 2.25. The van der Waals surface area contributed by atoms with Crippen molar-refractivity contribution in [2.45, 2.75) is 18.9 Å². The van der Waals surface area contributed by atoms with Crippen molar-refractivity contribution in [3.63, 3.8) is 0 Å². The van der Waals surface area contributed by atoms with Crippen molar-refractivity contribution in [2.24, 2.45) is 0 Å². The molecule has 1 fully saturated rings. The monoisotopic (exact) mass is 319 g/mol. The molecule has 1 heterocycles. The zero-order chi connectivity index (χ0) is 16.5. The number of carbonyl (C=O) groups is 2. The second-order valence-electron chi connectivity index (χ2n) is 6.06. The Hall–Kier alpha value is -2.88. The van der Waals surface area contributed by atoms with Gasteiger partial charge in [-0.1, -0.05) is 36.4 Å². The van der Waals surface area contributed by atoms with E-state index in [-0.39, 0.29) is 11.9 Å². The molecule has 1 saturated heterocycles. The van der Waals surface area contributed by atoms with E-state index in [1.54, 1.807) is 6.07 Å². The van der Waals surface area contributed by atoms with Crippen LogP contribution in [0, 0.1) is 0 Å². The van der Waals surface area contributed by atoms with E-state index in [9.17, 15) is 9.59 Å².